The molecule has 1 amide bonds. The molecule has 0 saturated heterocycles. The van der Waals surface area contributed by atoms with Gasteiger partial charge in [-0.3, -0.25) is 4.79 Å². The normalized spacial score (nSPS) is 12.8. The fraction of sp³-hybridized carbons (Fsp3) is 0.100. The second-order valence-corrected chi connectivity index (χ2v) is 6.82. The van der Waals surface area contributed by atoms with Crippen molar-refractivity contribution in [3.05, 3.63) is 82.5 Å². The van der Waals surface area contributed by atoms with E-state index < -0.39 is 0 Å². The molecule has 2 aromatic carbocycles. The predicted octanol–water partition coefficient (Wildman–Crippen LogP) is 4.79. The number of fused-ring (bicyclic) bond motifs is 1. The number of nitrogens with one attached hydrogen (secondary N) is 1. The highest BCUT2D eigenvalue weighted by Gasteiger charge is 2.25. The minimum Gasteiger partial charge on any atom is -0.340 e. The van der Waals surface area contributed by atoms with Gasteiger partial charge in [-0.25, -0.2) is 4.98 Å². The summed E-state index contributed by atoms with van der Waals surface area (Å²) in [7, 11) is 0. The smallest absolute Gasteiger partial charge is 0.259 e. The van der Waals surface area contributed by atoms with Crippen molar-refractivity contribution in [3.8, 4) is 0 Å². The van der Waals surface area contributed by atoms with Gasteiger partial charge in [0.25, 0.3) is 5.91 Å². The van der Waals surface area contributed by atoms with Gasteiger partial charge < -0.3 is 10.2 Å². The van der Waals surface area contributed by atoms with Crippen molar-refractivity contribution < 1.29 is 4.79 Å². The van der Waals surface area contributed by atoms with E-state index in [4.69, 9.17) is 0 Å². The van der Waals surface area contributed by atoms with Crippen LogP contribution >= 0.6 is 15.9 Å². The molecule has 0 unspecified atom stereocenters. The number of carbonyl (C=O) groups excluding carboxylic acids is 1. The molecule has 3 aromatic rings. The third-order valence-corrected chi connectivity index (χ3v) is 4.79. The molecule has 0 spiro atoms. The molecule has 0 bridgehead atoms. The second-order valence-electron chi connectivity index (χ2n) is 5.90. The first kappa shape index (κ1) is 15.8. The minimum absolute atomic E-state index is 0.00681. The maximum Gasteiger partial charge on any atom is 0.259 e. The highest BCUT2D eigenvalue weighted by molar-refractivity contribution is 9.10. The lowest BCUT2D eigenvalue weighted by molar-refractivity contribution is 0.0989. The number of hydrogen-bond acceptors (Lipinski definition) is 3. The van der Waals surface area contributed by atoms with Gasteiger partial charge in [-0.05, 0) is 54.4 Å². The van der Waals surface area contributed by atoms with E-state index >= 15 is 0 Å². The first-order chi connectivity index (χ1) is 12.2. The summed E-state index contributed by atoms with van der Waals surface area (Å²) in [6.07, 6.45) is 2.53. The summed E-state index contributed by atoms with van der Waals surface area (Å²) in [6.45, 7) is 0.719. The number of carbonyl (C=O) groups is 1. The van der Waals surface area contributed by atoms with Crippen molar-refractivity contribution in [2.24, 2.45) is 0 Å². The molecule has 5 heteroatoms. The molecule has 2 heterocycles. The Labute approximate surface area is 154 Å². The van der Waals surface area contributed by atoms with Gasteiger partial charge in [0, 0.05) is 28.6 Å². The third-order valence-electron chi connectivity index (χ3n) is 4.26. The van der Waals surface area contributed by atoms with E-state index in [9.17, 15) is 4.79 Å². The Morgan fingerprint density at radius 3 is 2.60 bits per heavy atom. The number of benzene rings is 2. The summed E-state index contributed by atoms with van der Waals surface area (Å²) in [5, 5.41) is 3.23. The highest BCUT2D eigenvalue weighted by Crippen LogP contribution is 2.29. The zero-order valence-corrected chi connectivity index (χ0v) is 15.0. The standard InChI is InChI=1S/C20H16BrN3O/c21-16-6-8-17(9-7-16)23-19-10-5-15(13-22-19)20(25)24-12-11-14-3-1-2-4-18(14)24/h1-10,13H,11-12H2,(H,22,23). The van der Waals surface area contributed by atoms with Crippen LogP contribution in [0.1, 0.15) is 15.9 Å². The number of amides is 1. The van der Waals surface area contributed by atoms with Crippen molar-refractivity contribution >= 4 is 39.0 Å². The van der Waals surface area contributed by atoms with E-state index in [2.05, 4.69) is 32.3 Å². The largest absolute Gasteiger partial charge is 0.340 e. The van der Waals surface area contributed by atoms with Crippen LogP contribution in [0.5, 0.6) is 0 Å². The molecule has 1 aromatic heterocycles. The first-order valence-corrected chi connectivity index (χ1v) is 8.88. The van der Waals surface area contributed by atoms with Gasteiger partial charge in [0.2, 0.25) is 0 Å². The number of nitrogens with zero attached hydrogens (tertiary/aromatic N) is 2. The van der Waals surface area contributed by atoms with Crippen LogP contribution in [0.4, 0.5) is 17.2 Å². The maximum absolute atomic E-state index is 12.8. The Morgan fingerprint density at radius 2 is 1.84 bits per heavy atom. The van der Waals surface area contributed by atoms with Crippen LogP contribution in [0.15, 0.2) is 71.3 Å². The lowest BCUT2D eigenvalue weighted by atomic mass is 10.2. The number of rotatable bonds is 3. The molecule has 1 aliphatic rings. The first-order valence-electron chi connectivity index (χ1n) is 8.09. The Kier molecular flexibility index (Phi) is 4.24. The number of aromatic nitrogens is 1. The van der Waals surface area contributed by atoms with E-state index in [-0.39, 0.29) is 5.91 Å². The topological polar surface area (TPSA) is 45.2 Å². The fourth-order valence-corrected chi connectivity index (χ4v) is 3.24. The van der Waals surface area contributed by atoms with Gasteiger partial charge in [0.1, 0.15) is 5.82 Å². The van der Waals surface area contributed by atoms with Gasteiger partial charge >= 0.3 is 0 Å². The van der Waals surface area contributed by atoms with Crippen molar-refractivity contribution in [2.45, 2.75) is 6.42 Å². The Morgan fingerprint density at radius 1 is 1.04 bits per heavy atom. The molecule has 1 aliphatic heterocycles. The number of para-hydroxylation sites is 1. The summed E-state index contributed by atoms with van der Waals surface area (Å²) < 4.78 is 1.03. The summed E-state index contributed by atoms with van der Waals surface area (Å²) in [4.78, 5) is 19.0. The Bertz CT molecular complexity index is 907. The quantitative estimate of drug-likeness (QED) is 0.695. The zero-order valence-electron chi connectivity index (χ0n) is 13.4. The monoisotopic (exact) mass is 393 g/mol. The molecule has 4 nitrogen and oxygen atoms in total. The average Bonchev–Trinajstić information content (AvgIpc) is 3.08. The lowest BCUT2D eigenvalue weighted by Gasteiger charge is -2.17. The predicted molar refractivity (Wildman–Crippen MR) is 103 cm³/mol. The molecule has 0 saturated carbocycles. The van der Waals surface area contributed by atoms with Crippen LogP contribution in [0.3, 0.4) is 0 Å². The Hall–Kier alpha value is -2.66. The highest BCUT2D eigenvalue weighted by atomic mass is 79.9. The number of anilines is 3. The van der Waals surface area contributed by atoms with Crippen LogP contribution in [0, 0.1) is 0 Å². The van der Waals surface area contributed by atoms with Crippen molar-refractivity contribution in [3.63, 3.8) is 0 Å². The molecular formula is C20H16BrN3O. The molecule has 1 N–H and O–H groups in total. The second kappa shape index (κ2) is 6.69. The van der Waals surface area contributed by atoms with Crippen LogP contribution in [-0.4, -0.2) is 17.4 Å². The molecule has 0 aliphatic carbocycles. The van der Waals surface area contributed by atoms with E-state index in [1.807, 2.05) is 59.5 Å². The molecular weight excluding hydrogens is 378 g/mol. The molecule has 4 rings (SSSR count). The van der Waals surface area contributed by atoms with Crippen molar-refractivity contribution in [1.82, 2.24) is 4.98 Å². The van der Waals surface area contributed by atoms with Crippen molar-refractivity contribution in [2.75, 3.05) is 16.8 Å². The van der Waals surface area contributed by atoms with Gasteiger partial charge in [-0.2, -0.15) is 0 Å². The maximum atomic E-state index is 12.8. The molecule has 0 atom stereocenters. The number of pyridine rings is 1. The van der Waals surface area contributed by atoms with Gasteiger partial charge in [-0.1, -0.05) is 34.1 Å². The minimum atomic E-state index is -0.00681. The fourth-order valence-electron chi connectivity index (χ4n) is 2.98. The third kappa shape index (κ3) is 3.28. The Balaban J connectivity index is 1.50. The summed E-state index contributed by atoms with van der Waals surface area (Å²) in [5.41, 5.74) is 3.77. The van der Waals surface area contributed by atoms with Crippen LogP contribution < -0.4 is 10.2 Å². The van der Waals surface area contributed by atoms with Crippen LogP contribution in [-0.2, 0) is 6.42 Å². The number of hydrogen-bond donors (Lipinski definition) is 1. The van der Waals surface area contributed by atoms with Gasteiger partial charge in [0.05, 0.1) is 5.56 Å². The number of halogens is 1. The zero-order chi connectivity index (χ0) is 17.2. The summed E-state index contributed by atoms with van der Waals surface area (Å²) in [5.74, 6) is 0.702. The summed E-state index contributed by atoms with van der Waals surface area (Å²) in [6, 6.07) is 19.6. The van der Waals surface area contributed by atoms with Crippen LogP contribution in [0.2, 0.25) is 0 Å². The van der Waals surface area contributed by atoms with Gasteiger partial charge in [0.15, 0.2) is 0 Å². The molecule has 0 fully saturated rings. The van der Waals surface area contributed by atoms with E-state index in [0.717, 1.165) is 28.8 Å². The van der Waals surface area contributed by atoms with Crippen molar-refractivity contribution in [1.29, 1.82) is 0 Å². The SMILES string of the molecule is O=C(c1ccc(Nc2ccc(Br)cc2)nc1)N1CCc2ccccc21. The van der Waals surface area contributed by atoms with E-state index in [1.165, 1.54) is 5.56 Å². The average molecular weight is 394 g/mol. The molecule has 25 heavy (non-hydrogen) atoms. The molecule has 0 radical (unpaired) electrons. The van der Waals surface area contributed by atoms with Gasteiger partial charge in [-0.15, -0.1) is 0 Å². The van der Waals surface area contributed by atoms with E-state index in [1.54, 1.807) is 6.20 Å². The summed E-state index contributed by atoms with van der Waals surface area (Å²) >= 11 is 3.41. The lowest BCUT2D eigenvalue weighted by Crippen LogP contribution is -2.28. The van der Waals surface area contributed by atoms with E-state index in [0.29, 0.717) is 11.4 Å². The molecule has 124 valence electrons. The van der Waals surface area contributed by atoms with Crippen LogP contribution in [0.25, 0.3) is 0 Å².